The number of nitrogen functional groups attached to an aromatic ring is 1. The van der Waals surface area contributed by atoms with E-state index in [0.29, 0.717) is 27.4 Å². The Morgan fingerprint density at radius 1 is 1.44 bits per heavy atom. The van der Waals surface area contributed by atoms with Gasteiger partial charge in [0.1, 0.15) is 0 Å². The normalized spacial score (nSPS) is 10.4. The molecule has 1 aromatic heterocycles. The standard InChI is InChI=1S/C10H9BrN2O3/c1-15-8-3-5(2-6(11)10(8)14)7-4-9(12)13-16-7/h2-4,14H,1H3,(H2,12,13). The van der Waals surface area contributed by atoms with Crippen LogP contribution in [0, 0.1) is 0 Å². The highest BCUT2D eigenvalue weighted by Gasteiger charge is 2.12. The number of hydrogen-bond acceptors (Lipinski definition) is 5. The first-order valence-corrected chi connectivity index (χ1v) is 5.20. The highest BCUT2D eigenvalue weighted by Crippen LogP contribution is 2.38. The average Bonchev–Trinajstić information content (AvgIpc) is 2.69. The van der Waals surface area contributed by atoms with E-state index in [2.05, 4.69) is 21.1 Å². The molecule has 3 N–H and O–H groups in total. The topological polar surface area (TPSA) is 81.5 Å². The lowest BCUT2D eigenvalue weighted by atomic mass is 10.1. The molecule has 0 aliphatic heterocycles. The largest absolute Gasteiger partial charge is 0.503 e. The molecule has 2 aromatic rings. The van der Waals surface area contributed by atoms with E-state index in [0.717, 1.165) is 0 Å². The summed E-state index contributed by atoms with van der Waals surface area (Å²) < 4.78 is 10.5. The van der Waals surface area contributed by atoms with Crippen LogP contribution in [0.5, 0.6) is 11.5 Å². The fourth-order valence-electron chi connectivity index (χ4n) is 1.30. The Morgan fingerprint density at radius 3 is 2.75 bits per heavy atom. The van der Waals surface area contributed by atoms with Gasteiger partial charge >= 0.3 is 0 Å². The Hall–Kier alpha value is -1.69. The predicted octanol–water partition coefficient (Wildman–Crippen LogP) is 2.40. The minimum Gasteiger partial charge on any atom is -0.503 e. The van der Waals surface area contributed by atoms with Gasteiger partial charge in [0.15, 0.2) is 23.1 Å². The molecule has 0 unspecified atom stereocenters. The number of ether oxygens (including phenoxy) is 1. The van der Waals surface area contributed by atoms with E-state index >= 15 is 0 Å². The summed E-state index contributed by atoms with van der Waals surface area (Å²) in [6.07, 6.45) is 0. The molecular weight excluding hydrogens is 276 g/mol. The second-order valence-electron chi connectivity index (χ2n) is 3.12. The first-order chi connectivity index (χ1) is 7.61. The highest BCUT2D eigenvalue weighted by molar-refractivity contribution is 9.10. The monoisotopic (exact) mass is 284 g/mol. The Balaban J connectivity index is 2.54. The fraction of sp³-hybridized carbons (Fsp3) is 0.100. The fourth-order valence-corrected chi connectivity index (χ4v) is 1.74. The van der Waals surface area contributed by atoms with Crippen molar-refractivity contribution in [1.29, 1.82) is 0 Å². The lowest BCUT2D eigenvalue weighted by molar-refractivity contribution is 0.371. The van der Waals surface area contributed by atoms with Gasteiger partial charge in [-0.2, -0.15) is 0 Å². The highest BCUT2D eigenvalue weighted by atomic mass is 79.9. The van der Waals surface area contributed by atoms with Gasteiger partial charge in [-0.3, -0.25) is 0 Å². The molecule has 0 fully saturated rings. The van der Waals surface area contributed by atoms with Crippen molar-refractivity contribution in [3.05, 3.63) is 22.7 Å². The maximum atomic E-state index is 9.63. The van der Waals surface area contributed by atoms with Crippen LogP contribution in [-0.4, -0.2) is 17.4 Å². The Kier molecular flexibility index (Phi) is 2.74. The van der Waals surface area contributed by atoms with Gasteiger partial charge in [0, 0.05) is 11.6 Å². The van der Waals surface area contributed by atoms with Crippen LogP contribution in [0.25, 0.3) is 11.3 Å². The summed E-state index contributed by atoms with van der Waals surface area (Å²) in [6.45, 7) is 0. The van der Waals surface area contributed by atoms with Gasteiger partial charge in [-0.05, 0) is 28.1 Å². The van der Waals surface area contributed by atoms with E-state index in [4.69, 9.17) is 15.0 Å². The van der Waals surface area contributed by atoms with E-state index < -0.39 is 0 Å². The predicted molar refractivity (Wildman–Crippen MR) is 62.3 cm³/mol. The maximum absolute atomic E-state index is 9.63. The molecule has 1 aromatic carbocycles. The molecule has 5 nitrogen and oxygen atoms in total. The minimum atomic E-state index is 0.0405. The quantitative estimate of drug-likeness (QED) is 0.885. The van der Waals surface area contributed by atoms with Crippen LogP contribution in [0.3, 0.4) is 0 Å². The van der Waals surface area contributed by atoms with E-state index in [9.17, 15) is 5.11 Å². The van der Waals surface area contributed by atoms with Crippen LogP contribution >= 0.6 is 15.9 Å². The molecule has 0 bridgehead atoms. The summed E-state index contributed by atoms with van der Waals surface area (Å²) in [6, 6.07) is 4.93. The zero-order chi connectivity index (χ0) is 11.7. The third-order valence-corrected chi connectivity index (χ3v) is 2.67. The molecule has 84 valence electrons. The molecule has 6 heteroatoms. The molecule has 0 saturated carbocycles. The maximum Gasteiger partial charge on any atom is 0.172 e. The molecule has 2 rings (SSSR count). The number of anilines is 1. The summed E-state index contributed by atoms with van der Waals surface area (Å²) >= 11 is 3.22. The number of aromatic nitrogens is 1. The van der Waals surface area contributed by atoms with E-state index in [1.807, 2.05) is 0 Å². The third kappa shape index (κ3) is 1.83. The number of hydrogen-bond donors (Lipinski definition) is 2. The van der Waals surface area contributed by atoms with E-state index in [-0.39, 0.29) is 5.75 Å². The smallest absolute Gasteiger partial charge is 0.172 e. The molecule has 0 saturated heterocycles. The van der Waals surface area contributed by atoms with Crippen molar-refractivity contribution in [2.75, 3.05) is 12.8 Å². The number of phenols is 1. The van der Waals surface area contributed by atoms with Crippen molar-refractivity contribution >= 4 is 21.7 Å². The third-order valence-electron chi connectivity index (χ3n) is 2.06. The zero-order valence-electron chi connectivity index (χ0n) is 8.40. The molecular formula is C10H9BrN2O3. The lowest BCUT2D eigenvalue weighted by Crippen LogP contribution is -1.86. The average molecular weight is 285 g/mol. The van der Waals surface area contributed by atoms with Crippen LogP contribution in [0.15, 0.2) is 27.2 Å². The summed E-state index contributed by atoms with van der Waals surface area (Å²) in [5.74, 6) is 1.20. The van der Waals surface area contributed by atoms with Crippen LogP contribution in [-0.2, 0) is 0 Å². The van der Waals surface area contributed by atoms with Gasteiger partial charge in [0.25, 0.3) is 0 Å². The summed E-state index contributed by atoms with van der Waals surface area (Å²) in [5, 5.41) is 13.2. The number of nitrogens with zero attached hydrogens (tertiary/aromatic N) is 1. The molecule has 16 heavy (non-hydrogen) atoms. The van der Waals surface area contributed by atoms with Crippen molar-refractivity contribution in [2.45, 2.75) is 0 Å². The van der Waals surface area contributed by atoms with Gasteiger partial charge in [0.05, 0.1) is 11.6 Å². The Bertz CT molecular complexity index is 525. The van der Waals surface area contributed by atoms with Gasteiger partial charge < -0.3 is 20.1 Å². The number of rotatable bonds is 2. The van der Waals surface area contributed by atoms with Gasteiger partial charge in [-0.25, -0.2) is 0 Å². The number of benzene rings is 1. The van der Waals surface area contributed by atoms with Crippen LogP contribution in [0.4, 0.5) is 5.82 Å². The van der Waals surface area contributed by atoms with Gasteiger partial charge in [-0.15, -0.1) is 0 Å². The first-order valence-electron chi connectivity index (χ1n) is 4.41. The second-order valence-corrected chi connectivity index (χ2v) is 3.98. The molecule has 0 spiro atoms. The molecule has 0 radical (unpaired) electrons. The molecule has 0 atom stereocenters. The summed E-state index contributed by atoms with van der Waals surface area (Å²) in [4.78, 5) is 0. The molecule has 0 aliphatic carbocycles. The number of halogens is 1. The number of phenolic OH excluding ortho intramolecular Hbond substituents is 1. The van der Waals surface area contributed by atoms with Crippen molar-refractivity contribution in [1.82, 2.24) is 5.16 Å². The summed E-state index contributed by atoms with van der Waals surface area (Å²) in [5.41, 5.74) is 6.17. The molecule has 0 aliphatic rings. The Morgan fingerprint density at radius 2 is 2.19 bits per heavy atom. The Labute approximate surface area is 99.9 Å². The number of aromatic hydroxyl groups is 1. The first kappa shape index (κ1) is 10.8. The van der Waals surface area contributed by atoms with Crippen LogP contribution < -0.4 is 10.5 Å². The van der Waals surface area contributed by atoms with E-state index in [1.54, 1.807) is 18.2 Å². The van der Waals surface area contributed by atoms with Crippen molar-refractivity contribution < 1.29 is 14.4 Å². The van der Waals surface area contributed by atoms with Crippen molar-refractivity contribution in [2.24, 2.45) is 0 Å². The molecule has 0 amide bonds. The van der Waals surface area contributed by atoms with Crippen molar-refractivity contribution in [3.8, 4) is 22.8 Å². The SMILES string of the molecule is COc1cc(-c2cc(N)no2)cc(Br)c1O. The summed E-state index contributed by atoms with van der Waals surface area (Å²) in [7, 11) is 1.47. The molecule has 1 heterocycles. The van der Waals surface area contributed by atoms with Crippen LogP contribution in [0.2, 0.25) is 0 Å². The van der Waals surface area contributed by atoms with Gasteiger partial charge in [0.2, 0.25) is 0 Å². The minimum absolute atomic E-state index is 0.0405. The lowest BCUT2D eigenvalue weighted by Gasteiger charge is -2.06. The van der Waals surface area contributed by atoms with Crippen LogP contribution in [0.1, 0.15) is 0 Å². The zero-order valence-corrected chi connectivity index (χ0v) is 9.98. The second kappa shape index (κ2) is 4.05. The van der Waals surface area contributed by atoms with E-state index in [1.165, 1.54) is 7.11 Å². The number of methoxy groups -OCH3 is 1. The number of nitrogens with two attached hydrogens (primary N) is 1. The van der Waals surface area contributed by atoms with Gasteiger partial charge in [-0.1, -0.05) is 5.16 Å². The van der Waals surface area contributed by atoms with Crippen molar-refractivity contribution in [3.63, 3.8) is 0 Å².